The van der Waals surface area contributed by atoms with Gasteiger partial charge in [0.15, 0.2) is 0 Å². The number of imidazole rings is 2. The fourth-order valence-electron chi connectivity index (χ4n) is 3.67. The zero-order valence-electron chi connectivity index (χ0n) is 14.9. The lowest BCUT2D eigenvalue weighted by Gasteiger charge is -2.13. The molecule has 0 radical (unpaired) electrons. The predicted octanol–water partition coefficient (Wildman–Crippen LogP) is 5.01. The van der Waals surface area contributed by atoms with E-state index in [1.807, 2.05) is 30.3 Å². The number of aromatic nitrogens is 4. The Morgan fingerprint density at radius 2 is 1.26 bits per heavy atom. The molecule has 0 aliphatic carbocycles. The zero-order chi connectivity index (χ0) is 18.1. The molecular formula is C23H20N4. The molecule has 5 aromatic rings. The fourth-order valence-corrected chi connectivity index (χ4v) is 3.67. The van der Waals surface area contributed by atoms with Crippen molar-refractivity contribution in [3.8, 4) is 0 Å². The Hall–Kier alpha value is -3.40. The third-order valence-electron chi connectivity index (χ3n) is 5.00. The highest BCUT2D eigenvalue weighted by Crippen LogP contribution is 2.25. The van der Waals surface area contributed by atoms with Crippen molar-refractivity contribution in [1.82, 2.24) is 19.9 Å². The molecule has 4 heteroatoms. The largest absolute Gasteiger partial charge is 0.342 e. The first-order valence-corrected chi connectivity index (χ1v) is 9.27. The van der Waals surface area contributed by atoms with E-state index >= 15 is 0 Å². The first-order valence-electron chi connectivity index (χ1n) is 9.27. The standard InChI is InChI=1S/C23H20N4/c1-2-8-16(9-3-1)14-17(23-26-20-12-6-7-13-21(20)27-23)15-22-24-18-10-4-5-11-19(18)25-22/h1-13,17H,14-15H2,(H,24,25)(H,26,27). The molecule has 4 nitrogen and oxygen atoms in total. The molecule has 2 heterocycles. The summed E-state index contributed by atoms with van der Waals surface area (Å²) >= 11 is 0. The molecule has 2 N–H and O–H groups in total. The molecule has 132 valence electrons. The lowest BCUT2D eigenvalue weighted by Crippen LogP contribution is -2.10. The van der Waals surface area contributed by atoms with Gasteiger partial charge in [0.2, 0.25) is 0 Å². The summed E-state index contributed by atoms with van der Waals surface area (Å²) in [5, 5.41) is 0. The molecule has 27 heavy (non-hydrogen) atoms. The molecule has 0 bridgehead atoms. The van der Waals surface area contributed by atoms with Crippen molar-refractivity contribution in [1.29, 1.82) is 0 Å². The van der Waals surface area contributed by atoms with Crippen LogP contribution < -0.4 is 0 Å². The lowest BCUT2D eigenvalue weighted by atomic mass is 9.95. The Morgan fingerprint density at radius 1 is 0.630 bits per heavy atom. The highest BCUT2D eigenvalue weighted by Gasteiger charge is 2.19. The van der Waals surface area contributed by atoms with Crippen molar-refractivity contribution in [2.24, 2.45) is 0 Å². The van der Waals surface area contributed by atoms with Gasteiger partial charge >= 0.3 is 0 Å². The fraction of sp³-hybridized carbons (Fsp3) is 0.130. The second-order valence-electron chi connectivity index (χ2n) is 6.93. The van der Waals surface area contributed by atoms with Crippen molar-refractivity contribution in [2.75, 3.05) is 0 Å². The van der Waals surface area contributed by atoms with Gasteiger partial charge in [0, 0.05) is 12.3 Å². The summed E-state index contributed by atoms with van der Waals surface area (Å²) in [7, 11) is 0. The zero-order valence-corrected chi connectivity index (χ0v) is 14.9. The van der Waals surface area contributed by atoms with Crippen LogP contribution in [0.25, 0.3) is 22.1 Å². The summed E-state index contributed by atoms with van der Waals surface area (Å²) in [5.41, 5.74) is 5.48. The minimum absolute atomic E-state index is 0.223. The summed E-state index contributed by atoms with van der Waals surface area (Å²) in [6.45, 7) is 0. The summed E-state index contributed by atoms with van der Waals surface area (Å²) < 4.78 is 0. The second kappa shape index (κ2) is 6.72. The number of nitrogens with zero attached hydrogens (tertiary/aromatic N) is 2. The van der Waals surface area contributed by atoms with Gasteiger partial charge in [-0.3, -0.25) is 0 Å². The maximum absolute atomic E-state index is 4.86. The monoisotopic (exact) mass is 352 g/mol. The van der Waals surface area contributed by atoms with E-state index in [1.165, 1.54) is 5.56 Å². The van der Waals surface area contributed by atoms with Gasteiger partial charge in [-0.15, -0.1) is 0 Å². The Balaban J connectivity index is 1.52. The molecule has 0 fully saturated rings. The average Bonchev–Trinajstić information content (AvgIpc) is 3.31. The first kappa shape index (κ1) is 15.8. The molecule has 1 atom stereocenters. The molecule has 3 aromatic carbocycles. The topological polar surface area (TPSA) is 57.4 Å². The Kier molecular flexibility index (Phi) is 3.94. The van der Waals surface area contributed by atoms with Gasteiger partial charge in [-0.05, 0) is 36.2 Å². The van der Waals surface area contributed by atoms with Gasteiger partial charge < -0.3 is 9.97 Å². The third-order valence-corrected chi connectivity index (χ3v) is 5.00. The van der Waals surface area contributed by atoms with Crippen LogP contribution in [0.4, 0.5) is 0 Å². The summed E-state index contributed by atoms with van der Waals surface area (Å²) in [6.07, 6.45) is 1.72. The number of nitrogens with one attached hydrogen (secondary N) is 2. The van der Waals surface area contributed by atoms with E-state index in [-0.39, 0.29) is 5.92 Å². The number of rotatable bonds is 5. The average molecular weight is 352 g/mol. The number of hydrogen-bond donors (Lipinski definition) is 2. The van der Waals surface area contributed by atoms with Crippen LogP contribution in [0.15, 0.2) is 78.9 Å². The molecular weight excluding hydrogens is 332 g/mol. The Labute approximate surface area is 157 Å². The highest BCUT2D eigenvalue weighted by molar-refractivity contribution is 5.75. The number of hydrogen-bond acceptors (Lipinski definition) is 2. The van der Waals surface area contributed by atoms with Crippen LogP contribution in [0.2, 0.25) is 0 Å². The summed E-state index contributed by atoms with van der Waals surface area (Å²) in [5.74, 6) is 2.23. The first-order chi connectivity index (χ1) is 13.3. The maximum atomic E-state index is 4.86. The predicted molar refractivity (Wildman–Crippen MR) is 109 cm³/mol. The number of H-pyrrole nitrogens is 2. The number of benzene rings is 3. The van der Waals surface area contributed by atoms with Crippen molar-refractivity contribution in [3.63, 3.8) is 0 Å². The minimum atomic E-state index is 0.223. The minimum Gasteiger partial charge on any atom is -0.342 e. The Bertz CT molecular complexity index is 1120. The Morgan fingerprint density at radius 3 is 1.96 bits per heavy atom. The highest BCUT2D eigenvalue weighted by atomic mass is 14.9. The van der Waals surface area contributed by atoms with Gasteiger partial charge in [0.25, 0.3) is 0 Å². The number of para-hydroxylation sites is 4. The molecule has 0 saturated carbocycles. The van der Waals surface area contributed by atoms with Crippen molar-refractivity contribution < 1.29 is 0 Å². The van der Waals surface area contributed by atoms with E-state index in [0.29, 0.717) is 0 Å². The normalized spacial score (nSPS) is 12.6. The molecule has 0 amide bonds. The molecule has 2 aromatic heterocycles. The lowest BCUT2D eigenvalue weighted by molar-refractivity contribution is 0.628. The third kappa shape index (κ3) is 3.22. The van der Waals surface area contributed by atoms with Crippen LogP contribution in [0.3, 0.4) is 0 Å². The second-order valence-corrected chi connectivity index (χ2v) is 6.93. The van der Waals surface area contributed by atoms with Crippen LogP contribution in [0, 0.1) is 0 Å². The van der Waals surface area contributed by atoms with Crippen LogP contribution in [-0.2, 0) is 12.8 Å². The van der Waals surface area contributed by atoms with Crippen LogP contribution in [0.5, 0.6) is 0 Å². The van der Waals surface area contributed by atoms with Crippen LogP contribution in [0.1, 0.15) is 23.1 Å². The SMILES string of the molecule is c1ccc(CC(Cc2nc3ccccc3[nH]2)c2nc3ccccc3[nH]2)cc1. The van der Waals surface area contributed by atoms with Gasteiger partial charge in [-0.1, -0.05) is 54.6 Å². The van der Waals surface area contributed by atoms with Crippen molar-refractivity contribution in [3.05, 3.63) is 96.1 Å². The smallest absolute Gasteiger partial charge is 0.111 e. The number of fused-ring (bicyclic) bond motifs is 2. The van der Waals surface area contributed by atoms with Gasteiger partial charge in [-0.25, -0.2) is 9.97 Å². The van der Waals surface area contributed by atoms with Gasteiger partial charge in [0.05, 0.1) is 22.1 Å². The van der Waals surface area contributed by atoms with E-state index in [1.54, 1.807) is 0 Å². The maximum Gasteiger partial charge on any atom is 0.111 e. The van der Waals surface area contributed by atoms with Gasteiger partial charge in [0.1, 0.15) is 11.6 Å². The quantitative estimate of drug-likeness (QED) is 0.467. The molecule has 1 unspecified atom stereocenters. The molecule has 5 rings (SSSR count). The summed E-state index contributed by atoms with van der Waals surface area (Å²) in [4.78, 5) is 16.6. The van der Waals surface area contributed by atoms with E-state index in [2.05, 4.69) is 58.5 Å². The van der Waals surface area contributed by atoms with Crippen molar-refractivity contribution in [2.45, 2.75) is 18.8 Å². The van der Waals surface area contributed by atoms with E-state index in [4.69, 9.17) is 9.97 Å². The molecule has 0 saturated heterocycles. The van der Waals surface area contributed by atoms with Crippen molar-refractivity contribution >= 4 is 22.1 Å². The molecule has 0 aliphatic rings. The van der Waals surface area contributed by atoms with Crippen LogP contribution >= 0.6 is 0 Å². The molecule has 0 aliphatic heterocycles. The number of aromatic amines is 2. The van der Waals surface area contributed by atoms with E-state index in [0.717, 1.165) is 46.6 Å². The van der Waals surface area contributed by atoms with Crippen LogP contribution in [-0.4, -0.2) is 19.9 Å². The van der Waals surface area contributed by atoms with E-state index < -0.39 is 0 Å². The van der Waals surface area contributed by atoms with Gasteiger partial charge in [-0.2, -0.15) is 0 Å². The molecule has 0 spiro atoms. The summed E-state index contributed by atoms with van der Waals surface area (Å²) in [6, 6.07) is 26.9. The van der Waals surface area contributed by atoms with E-state index in [9.17, 15) is 0 Å².